The summed E-state index contributed by atoms with van der Waals surface area (Å²) in [5, 5.41) is 13.5. The zero-order chi connectivity index (χ0) is 25.2. The molecule has 0 saturated heterocycles. The van der Waals surface area contributed by atoms with Gasteiger partial charge in [0.15, 0.2) is 5.65 Å². The molecular weight excluding hydrogens is 473 g/mol. The van der Waals surface area contributed by atoms with Crippen LogP contribution in [0.15, 0.2) is 30.9 Å². The van der Waals surface area contributed by atoms with Crippen LogP contribution in [0.1, 0.15) is 49.9 Å². The number of carbonyl (C=O) groups is 2. The van der Waals surface area contributed by atoms with Crippen LogP contribution in [-0.4, -0.2) is 56.7 Å². The number of halogens is 2. The summed E-state index contributed by atoms with van der Waals surface area (Å²) in [6, 6.07) is 1.67. The summed E-state index contributed by atoms with van der Waals surface area (Å²) in [4.78, 5) is 33.9. The molecule has 0 spiro atoms. The highest BCUT2D eigenvalue weighted by atomic mass is 35.5. The molecule has 0 radical (unpaired) electrons. The molecule has 1 fully saturated rings. The summed E-state index contributed by atoms with van der Waals surface area (Å²) in [6.45, 7) is 2.94. The normalized spacial score (nSPS) is 18.3. The molecule has 3 aromatic rings. The lowest BCUT2D eigenvalue weighted by Crippen LogP contribution is -2.40. The van der Waals surface area contributed by atoms with E-state index in [1.807, 2.05) is 0 Å². The SMILES string of the molecule is CNC(=O)C1CCC(NC(=O)c2cnc(-c3cnn4cc(Cl)cnc34)cc2NCC(C)(C)F)CC1. The zero-order valence-corrected chi connectivity index (χ0v) is 20.7. The van der Waals surface area contributed by atoms with Crippen LogP contribution in [0.5, 0.6) is 0 Å². The number of aromatic nitrogens is 4. The minimum absolute atomic E-state index is 0.0105. The van der Waals surface area contributed by atoms with Crippen LogP contribution < -0.4 is 16.0 Å². The molecule has 9 nitrogen and oxygen atoms in total. The Morgan fingerprint density at radius 2 is 1.91 bits per heavy atom. The third kappa shape index (κ3) is 5.87. The number of nitrogens with one attached hydrogen (secondary N) is 3. The summed E-state index contributed by atoms with van der Waals surface area (Å²) < 4.78 is 15.8. The van der Waals surface area contributed by atoms with Crippen LogP contribution in [0.2, 0.25) is 5.02 Å². The zero-order valence-electron chi connectivity index (χ0n) is 19.9. The maximum absolute atomic E-state index is 14.3. The molecule has 11 heteroatoms. The van der Waals surface area contributed by atoms with Crippen molar-refractivity contribution in [1.29, 1.82) is 0 Å². The Hall–Kier alpha value is -3.27. The Bertz CT molecular complexity index is 1230. The molecule has 35 heavy (non-hydrogen) atoms. The minimum Gasteiger partial charge on any atom is -0.381 e. The van der Waals surface area contributed by atoms with E-state index in [0.717, 1.165) is 0 Å². The standard InChI is InChI=1S/C24H29ClFN7O2/c1-24(2,26)13-30-20-8-19(17-11-31-33-12-15(25)9-29-21(17)33)28-10-18(20)23(35)32-16-6-4-14(5-7-16)22(34)27-3/h8-12,14,16H,4-7,13H2,1-3H3,(H,27,34)(H,28,30)(H,32,35). The number of rotatable bonds is 7. The van der Waals surface area contributed by atoms with Crippen molar-refractivity contribution >= 4 is 34.7 Å². The Morgan fingerprint density at radius 3 is 2.60 bits per heavy atom. The molecule has 3 aromatic heterocycles. The van der Waals surface area contributed by atoms with E-state index in [0.29, 0.717) is 58.9 Å². The fourth-order valence-electron chi connectivity index (χ4n) is 4.24. The van der Waals surface area contributed by atoms with Crippen LogP contribution in [0.25, 0.3) is 16.9 Å². The van der Waals surface area contributed by atoms with Gasteiger partial charge >= 0.3 is 0 Å². The highest BCUT2D eigenvalue weighted by Gasteiger charge is 2.28. The molecule has 2 amide bonds. The fourth-order valence-corrected chi connectivity index (χ4v) is 4.38. The van der Waals surface area contributed by atoms with Gasteiger partial charge in [-0.15, -0.1) is 0 Å². The van der Waals surface area contributed by atoms with Crippen LogP contribution in [-0.2, 0) is 4.79 Å². The van der Waals surface area contributed by atoms with Gasteiger partial charge in [0, 0.05) is 37.9 Å². The molecule has 0 aromatic carbocycles. The minimum atomic E-state index is -1.49. The second-order valence-corrected chi connectivity index (χ2v) is 9.86. The lowest BCUT2D eigenvalue weighted by molar-refractivity contribution is -0.125. The van der Waals surface area contributed by atoms with Crippen molar-refractivity contribution in [2.24, 2.45) is 5.92 Å². The summed E-state index contributed by atoms with van der Waals surface area (Å²) in [6.07, 6.45) is 9.12. The molecule has 0 atom stereocenters. The van der Waals surface area contributed by atoms with E-state index < -0.39 is 5.67 Å². The first-order valence-electron chi connectivity index (χ1n) is 11.6. The Balaban J connectivity index is 1.57. The monoisotopic (exact) mass is 501 g/mol. The first-order valence-corrected chi connectivity index (χ1v) is 12.0. The first kappa shape index (κ1) is 24.8. The quantitative estimate of drug-likeness (QED) is 0.455. The fraction of sp³-hybridized carbons (Fsp3) is 0.458. The van der Waals surface area contributed by atoms with Crippen molar-refractivity contribution in [1.82, 2.24) is 30.2 Å². The number of amides is 2. The van der Waals surface area contributed by atoms with Crippen molar-refractivity contribution < 1.29 is 14.0 Å². The van der Waals surface area contributed by atoms with Crippen molar-refractivity contribution in [3.63, 3.8) is 0 Å². The number of fused-ring (bicyclic) bond motifs is 1. The van der Waals surface area contributed by atoms with Gasteiger partial charge in [-0.2, -0.15) is 5.10 Å². The number of pyridine rings is 1. The second kappa shape index (κ2) is 10.2. The molecule has 1 aliphatic carbocycles. The molecule has 0 aliphatic heterocycles. The van der Waals surface area contributed by atoms with Crippen LogP contribution >= 0.6 is 11.6 Å². The molecule has 4 rings (SSSR count). The molecule has 1 saturated carbocycles. The van der Waals surface area contributed by atoms with Gasteiger partial charge in [-0.25, -0.2) is 13.9 Å². The molecule has 186 valence electrons. The molecular formula is C24H29ClFN7O2. The van der Waals surface area contributed by atoms with E-state index in [4.69, 9.17) is 11.6 Å². The van der Waals surface area contributed by atoms with Crippen molar-refractivity contribution in [2.75, 3.05) is 18.9 Å². The van der Waals surface area contributed by atoms with E-state index in [1.165, 1.54) is 26.2 Å². The summed E-state index contributed by atoms with van der Waals surface area (Å²) in [5.74, 6) is -0.275. The topological polar surface area (TPSA) is 113 Å². The van der Waals surface area contributed by atoms with Gasteiger partial charge in [-0.1, -0.05) is 11.6 Å². The number of alkyl halides is 1. The van der Waals surface area contributed by atoms with Gasteiger partial charge in [0.25, 0.3) is 5.91 Å². The average molecular weight is 502 g/mol. The van der Waals surface area contributed by atoms with Gasteiger partial charge in [-0.3, -0.25) is 14.6 Å². The van der Waals surface area contributed by atoms with Gasteiger partial charge < -0.3 is 16.0 Å². The highest BCUT2D eigenvalue weighted by Crippen LogP contribution is 2.29. The maximum atomic E-state index is 14.3. The third-order valence-electron chi connectivity index (χ3n) is 6.13. The Kier molecular flexibility index (Phi) is 7.20. The van der Waals surface area contributed by atoms with Gasteiger partial charge in [0.05, 0.1) is 39.9 Å². The van der Waals surface area contributed by atoms with E-state index in [9.17, 15) is 14.0 Å². The Labute approximate surface area is 207 Å². The molecule has 3 N–H and O–H groups in total. The van der Waals surface area contributed by atoms with E-state index in [1.54, 1.807) is 30.0 Å². The number of hydrogen-bond acceptors (Lipinski definition) is 6. The predicted molar refractivity (Wildman–Crippen MR) is 132 cm³/mol. The lowest BCUT2D eigenvalue weighted by Gasteiger charge is -2.28. The van der Waals surface area contributed by atoms with Gasteiger partial charge in [0.2, 0.25) is 5.91 Å². The molecule has 1 aliphatic rings. The van der Waals surface area contributed by atoms with Crippen LogP contribution in [0, 0.1) is 5.92 Å². The second-order valence-electron chi connectivity index (χ2n) is 9.42. The number of anilines is 1. The van der Waals surface area contributed by atoms with E-state index in [2.05, 4.69) is 31.0 Å². The number of hydrogen-bond donors (Lipinski definition) is 3. The summed E-state index contributed by atoms with van der Waals surface area (Å²) >= 11 is 6.00. The van der Waals surface area contributed by atoms with Crippen LogP contribution in [0.3, 0.4) is 0 Å². The summed E-state index contributed by atoms with van der Waals surface area (Å²) in [7, 11) is 1.64. The number of nitrogens with zero attached hydrogens (tertiary/aromatic N) is 4. The summed E-state index contributed by atoms with van der Waals surface area (Å²) in [5.41, 5.74) is 1.05. The largest absolute Gasteiger partial charge is 0.381 e. The van der Waals surface area contributed by atoms with E-state index >= 15 is 0 Å². The van der Waals surface area contributed by atoms with Gasteiger partial charge in [-0.05, 0) is 45.6 Å². The van der Waals surface area contributed by atoms with E-state index in [-0.39, 0.29) is 30.3 Å². The van der Waals surface area contributed by atoms with Crippen molar-refractivity contribution in [3.05, 3.63) is 41.4 Å². The number of carbonyl (C=O) groups excluding carboxylic acids is 2. The molecule has 0 unspecified atom stereocenters. The van der Waals surface area contributed by atoms with Crippen molar-refractivity contribution in [2.45, 2.75) is 51.2 Å². The highest BCUT2D eigenvalue weighted by molar-refractivity contribution is 6.30. The van der Waals surface area contributed by atoms with Crippen molar-refractivity contribution in [3.8, 4) is 11.3 Å². The predicted octanol–water partition coefficient (Wildman–Crippen LogP) is 3.64. The molecule has 3 heterocycles. The average Bonchev–Trinajstić information content (AvgIpc) is 3.25. The Morgan fingerprint density at radius 1 is 1.17 bits per heavy atom. The maximum Gasteiger partial charge on any atom is 0.255 e. The molecule has 0 bridgehead atoms. The first-order chi connectivity index (χ1) is 16.6. The van der Waals surface area contributed by atoms with Gasteiger partial charge in [0.1, 0.15) is 5.67 Å². The lowest BCUT2D eigenvalue weighted by atomic mass is 9.85. The van der Waals surface area contributed by atoms with Crippen LogP contribution in [0.4, 0.5) is 10.1 Å². The smallest absolute Gasteiger partial charge is 0.255 e. The third-order valence-corrected chi connectivity index (χ3v) is 6.32.